The molecule has 1 aromatic heterocycles. The summed E-state index contributed by atoms with van der Waals surface area (Å²) in [4.78, 5) is 0. The Morgan fingerprint density at radius 1 is 1.50 bits per heavy atom. The van der Waals surface area contributed by atoms with Crippen LogP contribution in [0.15, 0.2) is 6.20 Å². The van der Waals surface area contributed by atoms with Crippen molar-refractivity contribution in [3.05, 3.63) is 17.5 Å². The molecule has 1 saturated heterocycles. The average molecular weight is 195 g/mol. The van der Waals surface area contributed by atoms with Gasteiger partial charge in [0.1, 0.15) is 0 Å². The zero-order valence-electron chi connectivity index (χ0n) is 7.99. The topological polar surface area (TPSA) is 59.2 Å². The molecular formula is C9H13N3O2. The maximum absolute atomic E-state index is 5.48. The normalized spacial score (nSPS) is 36.2. The van der Waals surface area contributed by atoms with Gasteiger partial charge in [-0.15, -0.1) is 0 Å². The van der Waals surface area contributed by atoms with E-state index in [1.165, 1.54) is 11.3 Å². The highest BCUT2D eigenvalue weighted by Crippen LogP contribution is 2.31. The highest BCUT2D eigenvalue weighted by Gasteiger charge is 2.38. The van der Waals surface area contributed by atoms with E-state index in [1.807, 2.05) is 13.1 Å². The van der Waals surface area contributed by atoms with Gasteiger partial charge in [-0.25, -0.2) is 0 Å². The maximum atomic E-state index is 5.48. The van der Waals surface area contributed by atoms with Crippen LogP contribution in [0.3, 0.4) is 0 Å². The molecule has 3 heterocycles. The van der Waals surface area contributed by atoms with Crippen molar-refractivity contribution in [1.82, 2.24) is 15.5 Å². The first-order valence-electron chi connectivity index (χ1n) is 4.91. The van der Waals surface area contributed by atoms with Crippen LogP contribution < -0.4 is 5.32 Å². The number of nitrogens with one attached hydrogen (secondary N) is 2. The van der Waals surface area contributed by atoms with Crippen molar-refractivity contribution in [3.8, 4) is 0 Å². The summed E-state index contributed by atoms with van der Waals surface area (Å²) in [6.07, 6.45) is 2.62. The second-order valence-electron chi connectivity index (χ2n) is 3.69. The average Bonchev–Trinajstić information content (AvgIpc) is 2.60. The summed E-state index contributed by atoms with van der Waals surface area (Å²) < 4.78 is 11.0. The molecule has 2 aliphatic rings. The number of H-pyrrole nitrogens is 1. The first-order valence-corrected chi connectivity index (χ1v) is 4.91. The number of aromatic amines is 1. The van der Waals surface area contributed by atoms with Crippen LogP contribution in [0.5, 0.6) is 0 Å². The quantitative estimate of drug-likeness (QED) is 0.677. The summed E-state index contributed by atoms with van der Waals surface area (Å²) in [6.45, 7) is 2.84. The van der Waals surface area contributed by atoms with Crippen LogP contribution in [-0.2, 0) is 15.9 Å². The number of hydrogen-bond donors (Lipinski definition) is 2. The van der Waals surface area contributed by atoms with E-state index in [4.69, 9.17) is 9.47 Å². The summed E-state index contributed by atoms with van der Waals surface area (Å²) in [5, 5.41) is 10.4. The lowest BCUT2D eigenvalue weighted by Crippen LogP contribution is -2.49. The minimum Gasteiger partial charge on any atom is -0.322 e. The lowest BCUT2D eigenvalue weighted by molar-refractivity contribution is -0.385. The summed E-state index contributed by atoms with van der Waals surface area (Å²) in [5.41, 5.74) is 2.37. The molecule has 0 amide bonds. The van der Waals surface area contributed by atoms with Crippen molar-refractivity contribution in [3.63, 3.8) is 0 Å². The fraction of sp³-hybridized carbons (Fsp3) is 0.667. The lowest BCUT2D eigenvalue weighted by atomic mass is 10.0. The van der Waals surface area contributed by atoms with Crippen molar-refractivity contribution in [2.75, 3.05) is 6.54 Å². The van der Waals surface area contributed by atoms with E-state index >= 15 is 0 Å². The molecule has 5 heteroatoms. The van der Waals surface area contributed by atoms with Gasteiger partial charge in [-0.1, -0.05) is 0 Å². The highest BCUT2D eigenvalue weighted by atomic mass is 16.9. The van der Waals surface area contributed by atoms with Gasteiger partial charge < -0.3 is 14.8 Å². The first-order chi connectivity index (χ1) is 6.84. The largest absolute Gasteiger partial charge is 0.322 e. The standard InChI is InChI=1S/C9H13N3O2/c1-5-13-9(14-5)8-6-4-11-12-7(6)2-3-10-8/h4-5,8-10H,2-3H2,1H3,(H,11,12). The monoisotopic (exact) mass is 195 g/mol. The summed E-state index contributed by atoms with van der Waals surface area (Å²) in [7, 11) is 0. The fourth-order valence-corrected chi connectivity index (χ4v) is 2.04. The van der Waals surface area contributed by atoms with Gasteiger partial charge in [0, 0.05) is 24.2 Å². The molecule has 0 aromatic carbocycles. The van der Waals surface area contributed by atoms with Crippen molar-refractivity contribution in [2.45, 2.75) is 32.0 Å². The third-order valence-electron chi connectivity index (χ3n) is 2.75. The van der Waals surface area contributed by atoms with Gasteiger partial charge in [0.05, 0.1) is 12.2 Å². The zero-order valence-corrected chi connectivity index (χ0v) is 7.99. The van der Waals surface area contributed by atoms with Crippen LogP contribution >= 0.6 is 0 Å². The number of fused-ring (bicyclic) bond motifs is 1. The van der Waals surface area contributed by atoms with Gasteiger partial charge in [-0.05, 0) is 6.92 Å². The molecular weight excluding hydrogens is 182 g/mol. The maximum Gasteiger partial charge on any atom is 0.183 e. The van der Waals surface area contributed by atoms with Crippen molar-refractivity contribution in [1.29, 1.82) is 0 Å². The van der Waals surface area contributed by atoms with E-state index < -0.39 is 0 Å². The van der Waals surface area contributed by atoms with Gasteiger partial charge in [0.2, 0.25) is 0 Å². The van der Waals surface area contributed by atoms with E-state index in [0.717, 1.165) is 13.0 Å². The molecule has 0 spiro atoms. The van der Waals surface area contributed by atoms with Gasteiger partial charge in [-0.2, -0.15) is 5.10 Å². The Kier molecular flexibility index (Phi) is 1.83. The number of ether oxygens (including phenoxy) is 2. The molecule has 76 valence electrons. The predicted octanol–water partition coefficient (Wildman–Crippen LogP) is 0.315. The molecule has 1 fully saturated rings. The number of nitrogens with zero attached hydrogens (tertiary/aromatic N) is 1. The van der Waals surface area contributed by atoms with Crippen molar-refractivity contribution >= 4 is 0 Å². The van der Waals surface area contributed by atoms with Crippen LogP contribution in [0, 0.1) is 0 Å². The Morgan fingerprint density at radius 2 is 2.36 bits per heavy atom. The van der Waals surface area contributed by atoms with E-state index in [1.54, 1.807) is 0 Å². The summed E-state index contributed by atoms with van der Waals surface area (Å²) in [6, 6.07) is 0.133. The van der Waals surface area contributed by atoms with Crippen molar-refractivity contribution < 1.29 is 9.47 Å². The number of aromatic nitrogens is 2. The molecule has 2 N–H and O–H groups in total. The SMILES string of the molecule is CC1OC(C2NCCc3[nH]ncc32)O1. The number of hydrogen-bond acceptors (Lipinski definition) is 4. The predicted molar refractivity (Wildman–Crippen MR) is 48.5 cm³/mol. The van der Waals surface area contributed by atoms with Gasteiger partial charge >= 0.3 is 0 Å². The second-order valence-corrected chi connectivity index (χ2v) is 3.69. The van der Waals surface area contributed by atoms with Crippen LogP contribution in [0.2, 0.25) is 0 Å². The molecule has 1 atom stereocenters. The second kappa shape index (κ2) is 3.05. The molecule has 3 rings (SSSR count). The van der Waals surface area contributed by atoms with E-state index in [9.17, 15) is 0 Å². The smallest absolute Gasteiger partial charge is 0.183 e. The van der Waals surface area contributed by atoms with E-state index in [2.05, 4.69) is 15.5 Å². The molecule has 0 aliphatic carbocycles. The van der Waals surface area contributed by atoms with Crippen LogP contribution in [-0.4, -0.2) is 29.3 Å². The Bertz CT molecular complexity index is 333. The van der Waals surface area contributed by atoms with E-state index in [-0.39, 0.29) is 18.6 Å². The summed E-state index contributed by atoms with van der Waals surface area (Å²) in [5.74, 6) is 0. The van der Waals surface area contributed by atoms with Crippen LogP contribution in [0.1, 0.15) is 24.2 Å². The summed E-state index contributed by atoms with van der Waals surface area (Å²) >= 11 is 0. The molecule has 0 radical (unpaired) electrons. The minimum atomic E-state index is -0.151. The fourth-order valence-electron chi connectivity index (χ4n) is 2.04. The molecule has 14 heavy (non-hydrogen) atoms. The Balaban J connectivity index is 1.82. The minimum absolute atomic E-state index is 0.0703. The third-order valence-corrected chi connectivity index (χ3v) is 2.75. The molecule has 5 nitrogen and oxygen atoms in total. The zero-order chi connectivity index (χ0) is 9.54. The van der Waals surface area contributed by atoms with Crippen LogP contribution in [0.4, 0.5) is 0 Å². The Hall–Kier alpha value is -0.910. The number of rotatable bonds is 1. The van der Waals surface area contributed by atoms with E-state index in [0.29, 0.717) is 0 Å². The lowest BCUT2D eigenvalue weighted by Gasteiger charge is -2.40. The molecule has 2 aliphatic heterocycles. The molecule has 1 unspecified atom stereocenters. The Labute approximate surface area is 81.8 Å². The molecule has 0 bridgehead atoms. The molecule has 1 aromatic rings. The third kappa shape index (κ3) is 1.17. The van der Waals surface area contributed by atoms with Gasteiger partial charge in [-0.3, -0.25) is 5.10 Å². The van der Waals surface area contributed by atoms with Gasteiger partial charge in [0.15, 0.2) is 12.6 Å². The van der Waals surface area contributed by atoms with Gasteiger partial charge in [0.25, 0.3) is 0 Å². The van der Waals surface area contributed by atoms with Crippen LogP contribution in [0.25, 0.3) is 0 Å². The molecule has 0 saturated carbocycles. The van der Waals surface area contributed by atoms with Crippen molar-refractivity contribution in [2.24, 2.45) is 0 Å². The Morgan fingerprint density at radius 3 is 3.14 bits per heavy atom. The first kappa shape index (κ1) is 8.40. The highest BCUT2D eigenvalue weighted by molar-refractivity contribution is 5.24.